The predicted molar refractivity (Wildman–Crippen MR) is 72.6 cm³/mol. The van der Waals surface area contributed by atoms with Gasteiger partial charge in [-0.15, -0.1) is 0 Å². The first-order valence-corrected chi connectivity index (χ1v) is 5.90. The molecule has 1 N–H and O–H groups in total. The zero-order chi connectivity index (χ0) is 12.4. The monoisotopic (exact) mass is 238 g/mol. The number of nitrogens with zero attached hydrogens (tertiary/aromatic N) is 3. The molecule has 0 aliphatic carbocycles. The lowest BCUT2D eigenvalue weighted by Gasteiger charge is -2.05. The fraction of sp³-hybridized carbons (Fsp3) is 0.143. The van der Waals surface area contributed by atoms with Crippen LogP contribution in [0.2, 0.25) is 0 Å². The lowest BCUT2D eigenvalue weighted by Crippen LogP contribution is -2.03. The van der Waals surface area contributed by atoms with Crippen LogP contribution in [0.5, 0.6) is 0 Å². The first-order valence-electron chi connectivity index (χ1n) is 5.90. The molecule has 0 spiro atoms. The average Bonchev–Trinajstić information content (AvgIpc) is 2.83. The van der Waals surface area contributed by atoms with E-state index in [9.17, 15) is 0 Å². The quantitative estimate of drug-likeness (QED) is 0.762. The largest absolute Gasteiger partial charge is 0.388 e. The molecule has 3 aromatic rings. The maximum atomic E-state index is 4.40. The van der Waals surface area contributed by atoms with E-state index in [2.05, 4.69) is 27.5 Å². The summed E-state index contributed by atoms with van der Waals surface area (Å²) in [6.45, 7) is 0.684. The van der Waals surface area contributed by atoms with Gasteiger partial charge in [-0.25, -0.2) is 0 Å². The topological polar surface area (TPSA) is 42.7 Å². The Balaban J connectivity index is 1.96. The van der Waals surface area contributed by atoms with Crippen molar-refractivity contribution < 1.29 is 0 Å². The fourth-order valence-electron chi connectivity index (χ4n) is 2.03. The molecule has 18 heavy (non-hydrogen) atoms. The van der Waals surface area contributed by atoms with Crippen LogP contribution in [0.15, 0.2) is 48.8 Å². The van der Waals surface area contributed by atoms with Crippen molar-refractivity contribution >= 4 is 16.6 Å². The summed E-state index contributed by atoms with van der Waals surface area (Å²) in [6, 6.07) is 12.2. The molecule has 0 radical (unpaired) electrons. The SMILES string of the molecule is CNc1ccnc(Cn2ncc3ccccc32)c1. The van der Waals surface area contributed by atoms with Crippen molar-refractivity contribution in [2.75, 3.05) is 12.4 Å². The second kappa shape index (κ2) is 4.49. The van der Waals surface area contributed by atoms with Gasteiger partial charge in [0.1, 0.15) is 0 Å². The molecule has 2 heterocycles. The normalized spacial score (nSPS) is 10.7. The number of para-hydroxylation sites is 1. The number of fused-ring (bicyclic) bond motifs is 1. The van der Waals surface area contributed by atoms with E-state index in [0.29, 0.717) is 6.54 Å². The van der Waals surface area contributed by atoms with Gasteiger partial charge in [-0.2, -0.15) is 5.10 Å². The Hall–Kier alpha value is -2.36. The van der Waals surface area contributed by atoms with E-state index in [1.165, 1.54) is 0 Å². The summed E-state index contributed by atoms with van der Waals surface area (Å²) < 4.78 is 1.97. The molecule has 0 unspecified atom stereocenters. The highest BCUT2D eigenvalue weighted by Gasteiger charge is 2.03. The number of anilines is 1. The van der Waals surface area contributed by atoms with E-state index in [1.54, 1.807) is 0 Å². The van der Waals surface area contributed by atoms with E-state index < -0.39 is 0 Å². The van der Waals surface area contributed by atoms with Crippen molar-refractivity contribution in [3.05, 3.63) is 54.5 Å². The summed E-state index contributed by atoms with van der Waals surface area (Å²) in [4.78, 5) is 4.37. The lowest BCUT2D eigenvalue weighted by atomic mass is 10.2. The fourth-order valence-corrected chi connectivity index (χ4v) is 2.03. The van der Waals surface area contributed by atoms with Crippen molar-refractivity contribution in [3.63, 3.8) is 0 Å². The zero-order valence-corrected chi connectivity index (χ0v) is 10.2. The smallest absolute Gasteiger partial charge is 0.0839 e. The molecule has 4 heteroatoms. The summed E-state index contributed by atoms with van der Waals surface area (Å²) >= 11 is 0. The molecule has 0 aliphatic heterocycles. The summed E-state index contributed by atoms with van der Waals surface area (Å²) in [7, 11) is 1.91. The van der Waals surface area contributed by atoms with Crippen LogP contribution in [-0.4, -0.2) is 21.8 Å². The van der Waals surface area contributed by atoms with Crippen molar-refractivity contribution in [2.24, 2.45) is 0 Å². The molecule has 0 saturated carbocycles. The molecule has 0 aliphatic rings. The van der Waals surface area contributed by atoms with Gasteiger partial charge in [0, 0.05) is 24.3 Å². The van der Waals surface area contributed by atoms with Gasteiger partial charge in [-0.05, 0) is 18.2 Å². The molecule has 3 rings (SSSR count). The molecule has 0 saturated heterocycles. The number of aromatic nitrogens is 3. The first kappa shape index (κ1) is 10.8. The van der Waals surface area contributed by atoms with Crippen LogP contribution in [0, 0.1) is 0 Å². The minimum absolute atomic E-state index is 0.684. The van der Waals surface area contributed by atoms with Crippen LogP contribution in [0.1, 0.15) is 5.69 Å². The molecule has 0 fully saturated rings. The Morgan fingerprint density at radius 1 is 1.22 bits per heavy atom. The Labute approximate surface area is 105 Å². The van der Waals surface area contributed by atoms with Gasteiger partial charge in [0.25, 0.3) is 0 Å². The van der Waals surface area contributed by atoms with Crippen molar-refractivity contribution in [2.45, 2.75) is 6.54 Å². The number of nitrogens with one attached hydrogen (secondary N) is 1. The summed E-state index contributed by atoms with van der Waals surface area (Å²) in [5.74, 6) is 0. The highest BCUT2D eigenvalue weighted by atomic mass is 15.3. The van der Waals surface area contributed by atoms with E-state index >= 15 is 0 Å². The molecule has 1 aromatic carbocycles. The van der Waals surface area contributed by atoms with Gasteiger partial charge in [0.05, 0.1) is 24.0 Å². The minimum atomic E-state index is 0.684. The standard InChI is InChI=1S/C14H14N4/c1-15-12-6-7-16-13(8-12)10-18-14-5-3-2-4-11(14)9-17-18/h2-9H,10H2,1H3,(H,15,16). The van der Waals surface area contributed by atoms with Gasteiger partial charge < -0.3 is 5.32 Å². The maximum Gasteiger partial charge on any atom is 0.0839 e. The molecule has 90 valence electrons. The van der Waals surface area contributed by atoms with Crippen LogP contribution < -0.4 is 5.32 Å². The number of pyridine rings is 1. The third-order valence-corrected chi connectivity index (χ3v) is 2.97. The second-order valence-electron chi connectivity index (χ2n) is 4.15. The van der Waals surface area contributed by atoms with Gasteiger partial charge >= 0.3 is 0 Å². The van der Waals surface area contributed by atoms with Crippen molar-refractivity contribution in [1.82, 2.24) is 14.8 Å². The van der Waals surface area contributed by atoms with E-state index in [-0.39, 0.29) is 0 Å². The average molecular weight is 238 g/mol. The molecule has 0 amide bonds. The van der Waals surface area contributed by atoms with Gasteiger partial charge in [0.2, 0.25) is 0 Å². The predicted octanol–water partition coefficient (Wildman–Crippen LogP) is 2.52. The van der Waals surface area contributed by atoms with Crippen molar-refractivity contribution in [1.29, 1.82) is 0 Å². The van der Waals surface area contributed by atoms with Gasteiger partial charge in [0.15, 0.2) is 0 Å². The summed E-state index contributed by atoms with van der Waals surface area (Å²) in [6.07, 6.45) is 3.70. The third-order valence-electron chi connectivity index (χ3n) is 2.97. The third kappa shape index (κ3) is 1.93. The Morgan fingerprint density at radius 3 is 3.00 bits per heavy atom. The molecule has 0 bridgehead atoms. The van der Waals surface area contributed by atoms with E-state index in [4.69, 9.17) is 0 Å². The number of hydrogen-bond acceptors (Lipinski definition) is 3. The van der Waals surface area contributed by atoms with E-state index in [1.807, 2.05) is 48.4 Å². The van der Waals surface area contributed by atoms with Gasteiger partial charge in [-0.1, -0.05) is 18.2 Å². The minimum Gasteiger partial charge on any atom is -0.388 e. The molecular weight excluding hydrogens is 224 g/mol. The van der Waals surface area contributed by atoms with Crippen LogP contribution in [0.3, 0.4) is 0 Å². The lowest BCUT2D eigenvalue weighted by molar-refractivity contribution is 0.697. The first-order chi connectivity index (χ1) is 8.86. The Kier molecular flexibility index (Phi) is 2.68. The number of rotatable bonds is 3. The van der Waals surface area contributed by atoms with Crippen LogP contribution in [-0.2, 0) is 6.54 Å². The van der Waals surface area contributed by atoms with Crippen LogP contribution in [0.4, 0.5) is 5.69 Å². The molecule has 2 aromatic heterocycles. The van der Waals surface area contributed by atoms with E-state index in [0.717, 1.165) is 22.3 Å². The molecular formula is C14H14N4. The second-order valence-corrected chi connectivity index (χ2v) is 4.15. The molecule has 4 nitrogen and oxygen atoms in total. The Morgan fingerprint density at radius 2 is 2.11 bits per heavy atom. The number of benzene rings is 1. The van der Waals surface area contributed by atoms with Gasteiger partial charge in [-0.3, -0.25) is 9.67 Å². The highest BCUT2D eigenvalue weighted by Crippen LogP contribution is 2.15. The van der Waals surface area contributed by atoms with Crippen molar-refractivity contribution in [3.8, 4) is 0 Å². The summed E-state index contributed by atoms with van der Waals surface area (Å²) in [5.41, 5.74) is 3.20. The summed E-state index contributed by atoms with van der Waals surface area (Å²) in [5, 5.41) is 8.67. The van der Waals surface area contributed by atoms with Crippen LogP contribution in [0.25, 0.3) is 10.9 Å². The Bertz CT molecular complexity index is 672. The molecule has 0 atom stereocenters. The van der Waals surface area contributed by atoms with Crippen LogP contribution >= 0.6 is 0 Å². The maximum absolute atomic E-state index is 4.40. The highest BCUT2D eigenvalue weighted by molar-refractivity contribution is 5.78. The number of hydrogen-bond donors (Lipinski definition) is 1. The zero-order valence-electron chi connectivity index (χ0n) is 10.2.